The minimum absolute atomic E-state index is 0.189. The number of aliphatic hydroxyl groups is 1. The average Bonchev–Trinajstić information content (AvgIpc) is 3.20. The van der Waals surface area contributed by atoms with Crippen molar-refractivity contribution in [2.24, 2.45) is 5.73 Å². The summed E-state index contributed by atoms with van der Waals surface area (Å²) in [4.78, 5) is 25.7. The summed E-state index contributed by atoms with van der Waals surface area (Å²) in [6, 6.07) is 8.24. The molecule has 1 unspecified atom stereocenters. The van der Waals surface area contributed by atoms with E-state index >= 15 is 0 Å². The number of hydrogen-bond acceptors (Lipinski definition) is 5. The van der Waals surface area contributed by atoms with Crippen molar-refractivity contribution in [1.29, 1.82) is 0 Å². The second kappa shape index (κ2) is 11.3. The predicted octanol–water partition coefficient (Wildman–Crippen LogP) is 3.35. The van der Waals surface area contributed by atoms with Crippen molar-refractivity contribution in [3.05, 3.63) is 41.9 Å². The van der Waals surface area contributed by atoms with Crippen LogP contribution in [0.5, 0.6) is 0 Å². The minimum Gasteiger partial charge on any atom is -0.378 e. The standard InChI is InChI=1S/C20H32N3O4PS/c1-2-3-4-5-6-7-8-16-9-11-17(12-10-16)18-13-22-19(23-18)20(24,14-21)15-27-28(25,26)29/h9-13,24H,2-8,14-15,21H2,1H3,(H,22,23)(H2,25,26,29). The molecule has 0 saturated heterocycles. The first kappa shape index (κ1) is 24.2. The van der Waals surface area contributed by atoms with E-state index in [-0.39, 0.29) is 12.4 Å². The third-order valence-electron chi connectivity index (χ3n) is 4.91. The molecule has 9 heteroatoms. The van der Waals surface area contributed by atoms with E-state index < -0.39 is 18.9 Å². The van der Waals surface area contributed by atoms with Gasteiger partial charge in [-0.2, -0.15) is 0 Å². The molecular weight excluding hydrogens is 409 g/mol. The van der Waals surface area contributed by atoms with Crippen molar-refractivity contribution in [3.8, 4) is 11.3 Å². The molecule has 0 aliphatic heterocycles. The van der Waals surface area contributed by atoms with Gasteiger partial charge in [0.1, 0.15) is 5.82 Å². The van der Waals surface area contributed by atoms with Crippen molar-refractivity contribution in [3.63, 3.8) is 0 Å². The molecule has 0 aliphatic carbocycles. The van der Waals surface area contributed by atoms with Gasteiger partial charge in [0.25, 0.3) is 0 Å². The number of nitrogens with zero attached hydrogens (tertiary/aromatic N) is 1. The molecule has 1 atom stereocenters. The van der Waals surface area contributed by atoms with E-state index in [0.717, 1.165) is 17.7 Å². The molecule has 162 valence electrons. The Morgan fingerprint density at radius 1 is 1.14 bits per heavy atom. The summed E-state index contributed by atoms with van der Waals surface area (Å²) in [5.74, 6) is 0.189. The summed E-state index contributed by atoms with van der Waals surface area (Å²) in [5.41, 5.74) is 6.92. The number of nitrogens with two attached hydrogens (primary N) is 1. The lowest BCUT2D eigenvalue weighted by molar-refractivity contribution is -0.0122. The van der Waals surface area contributed by atoms with Crippen LogP contribution >= 0.6 is 6.72 Å². The number of rotatable bonds is 13. The molecule has 29 heavy (non-hydrogen) atoms. The second-order valence-corrected chi connectivity index (χ2v) is 10.0. The van der Waals surface area contributed by atoms with Crippen LogP contribution < -0.4 is 5.73 Å². The van der Waals surface area contributed by atoms with E-state index in [1.807, 2.05) is 12.1 Å². The van der Waals surface area contributed by atoms with E-state index in [1.54, 1.807) is 6.20 Å². The fourth-order valence-electron chi connectivity index (χ4n) is 3.08. The van der Waals surface area contributed by atoms with Crippen molar-refractivity contribution in [2.45, 2.75) is 57.5 Å². The fraction of sp³-hybridized carbons (Fsp3) is 0.550. The van der Waals surface area contributed by atoms with Crippen molar-refractivity contribution < 1.29 is 19.4 Å². The lowest BCUT2D eigenvalue weighted by atomic mass is 10.0. The number of benzene rings is 1. The van der Waals surface area contributed by atoms with Crippen LogP contribution in [0.15, 0.2) is 30.5 Å². The smallest absolute Gasteiger partial charge is 0.321 e. The molecule has 2 rings (SSSR count). The molecule has 2 aromatic rings. The maximum absolute atomic E-state index is 10.6. The molecule has 0 aliphatic rings. The summed E-state index contributed by atoms with van der Waals surface area (Å²) in [6.45, 7) is -2.34. The summed E-state index contributed by atoms with van der Waals surface area (Å²) in [7, 11) is 0. The Labute approximate surface area is 177 Å². The molecule has 6 N–H and O–H groups in total. The second-order valence-electron chi connectivity index (χ2n) is 7.36. The highest BCUT2D eigenvalue weighted by atomic mass is 32.5. The molecule has 1 aromatic heterocycles. The van der Waals surface area contributed by atoms with Gasteiger partial charge < -0.3 is 30.1 Å². The van der Waals surface area contributed by atoms with Crippen LogP contribution in [0.4, 0.5) is 0 Å². The van der Waals surface area contributed by atoms with Gasteiger partial charge in [0, 0.05) is 6.54 Å². The Morgan fingerprint density at radius 3 is 2.41 bits per heavy atom. The molecule has 0 amide bonds. The largest absolute Gasteiger partial charge is 0.378 e. The molecular formula is C20H32N3O4PS. The normalized spacial score (nSPS) is 14.1. The highest BCUT2D eigenvalue weighted by Gasteiger charge is 2.33. The first-order valence-corrected chi connectivity index (χ1v) is 12.7. The van der Waals surface area contributed by atoms with Gasteiger partial charge >= 0.3 is 6.72 Å². The SMILES string of the molecule is CCCCCCCCc1ccc(-c2cnc(C(O)(CN)COP(O)(O)=S)[nH]2)cc1. The van der Waals surface area contributed by atoms with Crippen LogP contribution in [0, 0.1) is 0 Å². The molecule has 0 spiro atoms. The van der Waals surface area contributed by atoms with Crippen molar-refractivity contribution in [2.75, 3.05) is 13.2 Å². The van der Waals surface area contributed by atoms with Crippen molar-refractivity contribution in [1.82, 2.24) is 9.97 Å². The summed E-state index contributed by atoms with van der Waals surface area (Å²) in [6.07, 6.45) is 10.4. The topological polar surface area (TPSA) is 125 Å². The number of imidazole rings is 1. The number of aromatic amines is 1. The Morgan fingerprint density at radius 2 is 1.79 bits per heavy atom. The number of H-pyrrole nitrogens is 1. The van der Waals surface area contributed by atoms with Gasteiger partial charge in [-0.25, -0.2) is 4.98 Å². The van der Waals surface area contributed by atoms with Crippen LogP contribution in [0.2, 0.25) is 0 Å². The lowest BCUT2D eigenvalue weighted by Gasteiger charge is -2.24. The minimum atomic E-state index is -3.89. The highest BCUT2D eigenvalue weighted by Crippen LogP contribution is 2.38. The number of aryl methyl sites for hydroxylation is 1. The van der Waals surface area contributed by atoms with Crippen molar-refractivity contribution >= 4 is 18.5 Å². The average molecular weight is 442 g/mol. The number of hydrogen-bond donors (Lipinski definition) is 5. The predicted molar refractivity (Wildman–Crippen MR) is 119 cm³/mol. The number of nitrogens with one attached hydrogen (secondary N) is 1. The molecule has 0 saturated carbocycles. The first-order valence-electron chi connectivity index (χ1n) is 10.0. The van der Waals surface area contributed by atoms with Gasteiger partial charge in [-0.05, 0) is 35.8 Å². The highest BCUT2D eigenvalue weighted by molar-refractivity contribution is 8.06. The lowest BCUT2D eigenvalue weighted by Crippen LogP contribution is -2.40. The van der Waals surface area contributed by atoms with E-state index in [0.29, 0.717) is 0 Å². The van der Waals surface area contributed by atoms with E-state index in [1.165, 1.54) is 44.1 Å². The Balaban J connectivity index is 1.96. The van der Waals surface area contributed by atoms with Gasteiger partial charge in [-0.3, -0.25) is 0 Å². The zero-order chi connectivity index (χ0) is 21.3. The Hall–Kier alpha value is -1.12. The maximum atomic E-state index is 10.6. The number of aromatic nitrogens is 2. The summed E-state index contributed by atoms with van der Waals surface area (Å²) < 4.78 is 4.79. The van der Waals surface area contributed by atoms with Crippen LogP contribution in [-0.4, -0.2) is 38.0 Å². The zero-order valence-electron chi connectivity index (χ0n) is 16.9. The summed E-state index contributed by atoms with van der Waals surface area (Å²) >= 11 is 4.42. The van der Waals surface area contributed by atoms with Gasteiger partial charge in [0.15, 0.2) is 5.60 Å². The van der Waals surface area contributed by atoms with Crippen LogP contribution in [0.1, 0.15) is 56.8 Å². The third kappa shape index (κ3) is 7.90. The quantitative estimate of drug-likeness (QED) is 0.238. The Bertz CT molecular complexity index is 793. The molecule has 0 bridgehead atoms. The molecule has 7 nitrogen and oxygen atoms in total. The number of unbranched alkanes of at least 4 members (excludes halogenated alkanes) is 5. The van der Waals surface area contributed by atoms with Gasteiger partial charge in [0.05, 0.1) is 18.5 Å². The monoisotopic (exact) mass is 441 g/mol. The van der Waals surface area contributed by atoms with E-state index in [4.69, 9.17) is 10.3 Å². The van der Waals surface area contributed by atoms with Crippen LogP contribution in [0.3, 0.4) is 0 Å². The summed E-state index contributed by atoms with van der Waals surface area (Å²) in [5, 5.41) is 10.6. The van der Waals surface area contributed by atoms with Gasteiger partial charge in [-0.1, -0.05) is 63.3 Å². The van der Waals surface area contributed by atoms with E-state index in [9.17, 15) is 14.9 Å². The molecule has 1 aromatic carbocycles. The zero-order valence-corrected chi connectivity index (χ0v) is 18.6. The third-order valence-corrected chi connectivity index (χ3v) is 5.69. The maximum Gasteiger partial charge on any atom is 0.321 e. The molecule has 0 radical (unpaired) electrons. The Kier molecular flexibility index (Phi) is 9.43. The van der Waals surface area contributed by atoms with E-state index in [2.05, 4.69) is 40.8 Å². The van der Waals surface area contributed by atoms with Crippen LogP contribution in [-0.2, 0) is 28.4 Å². The van der Waals surface area contributed by atoms with Gasteiger partial charge in [0.2, 0.25) is 0 Å². The van der Waals surface area contributed by atoms with Crippen LogP contribution in [0.25, 0.3) is 11.3 Å². The first-order chi connectivity index (χ1) is 13.8. The van der Waals surface area contributed by atoms with Gasteiger partial charge in [-0.15, -0.1) is 0 Å². The molecule has 1 heterocycles. The molecule has 0 fully saturated rings. The fourth-order valence-corrected chi connectivity index (χ4v) is 3.62.